The summed E-state index contributed by atoms with van der Waals surface area (Å²) in [5.41, 5.74) is 5.75. The number of thiazole rings is 1. The molecule has 1 aromatic heterocycles. The van der Waals surface area contributed by atoms with Crippen molar-refractivity contribution in [3.05, 3.63) is 11.1 Å². The topological polar surface area (TPSA) is 88.3 Å². The van der Waals surface area contributed by atoms with E-state index in [0.29, 0.717) is 5.13 Å². The Balaban J connectivity index is 2.25. The van der Waals surface area contributed by atoms with Gasteiger partial charge in [0.2, 0.25) is 11.8 Å². The summed E-state index contributed by atoms with van der Waals surface area (Å²) in [5.74, 6) is -0.593. The predicted molar refractivity (Wildman–Crippen MR) is 64.7 cm³/mol. The molecule has 1 fully saturated rings. The fraction of sp³-hybridized carbons (Fsp3) is 0.500. The maximum atomic E-state index is 11.5. The van der Waals surface area contributed by atoms with Crippen LogP contribution in [0.25, 0.3) is 0 Å². The van der Waals surface area contributed by atoms with Crippen molar-refractivity contribution in [3.8, 4) is 0 Å². The van der Waals surface area contributed by atoms with E-state index in [9.17, 15) is 9.59 Å². The summed E-state index contributed by atoms with van der Waals surface area (Å²) >= 11 is 1.41. The van der Waals surface area contributed by atoms with Crippen molar-refractivity contribution in [1.82, 2.24) is 10.3 Å². The highest BCUT2D eigenvalue weighted by molar-refractivity contribution is 7.15. The molecule has 0 radical (unpaired) electrons. The number of rotatable bonds is 2. The fourth-order valence-electron chi connectivity index (χ4n) is 1.57. The smallest absolute Gasteiger partial charge is 0.249 e. The van der Waals surface area contributed by atoms with Gasteiger partial charge in [-0.15, -0.1) is 11.3 Å². The summed E-state index contributed by atoms with van der Waals surface area (Å²) in [6, 6.07) is -0.481. The van der Waals surface area contributed by atoms with Gasteiger partial charge in [0.1, 0.15) is 12.6 Å². The van der Waals surface area contributed by atoms with E-state index in [2.05, 4.69) is 10.3 Å². The number of hydrogen-bond donors (Lipinski definition) is 2. The van der Waals surface area contributed by atoms with Gasteiger partial charge < -0.3 is 10.6 Å². The molecule has 2 atom stereocenters. The van der Waals surface area contributed by atoms with Crippen molar-refractivity contribution in [2.24, 2.45) is 5.73 Å². The minimum Gasteiger partial charge on any atom is -0.327 e. The highest BCUT2D eigenvalue weighted by Gasteiger charge is 2.32. The van der Waals surface area contributed by atoms with Gasteiger partial charge in [-0.2, -0.15) is 0 Å². The second-order valence-corrected chi connectivity index (χ2v) is 5.09. The quantitative estimate of drug-likeness (QED) is 0.726. The summed E-state index contributed by atoms with van der Waals surface area (Å²) in [7, 11) is 0. The molecule has 1 aliphatic rings. The molecule has 0 bridgehead atoms. The van der Waals surface area contributed by atoms with Gasteiger partial charge in [-0.05, 0) is 13.8 Å². The number of hydrogen-bond acceptors (Lipinski definition) is 6. The predicted octanol–water partition coefficient (Wildman–Crippen LogP) is 0.0141. The number of amides is 2. The minimum absolute atomic E-state index is 0.0918. The fourth-order valence-corrected chi connectivity index (χ4v) is 2.52. The zero-order valence-electron chi connectivity index (χ0n) is 9.64. The Labute approximate surface area is 103 Å². The van der Waals surface area contributed by atoms with E-state index in [0.717, 1.165) is 4.88 Å². The van der Waals surface area contributed by atoms with Gasteiger partial charge in [0.15, 0.2) is 5.13 Å². The molecule has 17 heavy (non-hydrogen) atoms. The lowest BCUT2D eigenvalue weighted by atomic mass is 10.2. The Morgan fingerprint density at radius 3 is 2.94 bits per heavy atom. The van der Waals surface area contributed by atoms with Crippen LogP contribution in [0.2, 0.25) is 0 Å². The van der Waals surface area contributed by atoms with Crippen molar-refractivity contribution in [1.29, 1.82) is 0 Å². The molecule has 92 valence electrons. The molecule has 1 aliphatic heterocycles. The van der Waals surface area contributed by atoms with Crippen LogP contribution in [0.3, 0.4) is 0 Å². The summed E-state index contributed by atoms with van der Waals surface area (Å²) in [5, 5.41) is 2.95. The standard InChI is InChI=1S/C10H14N4O2S/c1-5(11)7-3-12-10(17-7)14-4-8(15)13-9(16)6(14)2/h3,5-6H,4,11H2,1-2H3,(H,13,15,16). The highest BCUT2D eigenvalue weighted by Crippen LogP contribution is 2.28. The molecule has 3 N–H and O–H groups in total. The Morgan fingerprint density at radius 1 is 1.65 bits per heavy atom. The molecule has 0 saturated carbocycles. The number of anilines is 1. The number of carbonyl (C=O) groups excluding carboxylic acids is 2. The third-order valence-corrected chi connectivity index (χ3v) is 3.86. The normalized spacial score (nSPS) is 22.5. The number of carbonyl (C=O) groups is 2. The number of piperazine rings is 1. The average molecular weight is 254 g/mol. The second-order valence-electron chi connectivity index (χ2n) is 4.05. The number of nitrogens with zero attached hydrogens (tertiary/aromatic N) is 2. The van der Waals surface area contributed by atoms with E-state index in [1.165, 1.54) is 11.3 Å². The van der Waals surface area contributed by atoms with Crippen molar-refractivity contribution in [3.63, 3.8) is 0 Å². The SMILES string of the molecule is CC(N)c1cnc(N2CC(=O)NC(=O)C2C)s1. The second kappa shape index (κ2) is 4.42. The van der Waals surface area contributed by atoms with Crippen LogP contribution < -0.4 is 16.0 Å². The van der Waals surface area contributed by atoms with Gasteiger partial charge in [-0.1, -0.05) is 0 Å². The van der Waals surface area contributed by atoms with Crippen LogP contribution in [0.1, 0.15) is 24.8 Å². The van der Waals surface area contributed by atoms with Crippen molar-refractivity contribution >= 4 is 28.3 Å². The minimum atomic E-state index is -0.389. The Kier molecular flexibility index (Phi) is 3.12. The first-order valence-corrected chi connectivity index (χ1v) is 6.12. The zero-order chi connectivity index (χ0) is 12.6. The van der Waals surface area contributed by atoms with E-state index in [1.54, 1.807) is 18.0 Å². The molecule has 1 saturated heterocycles. The largest absolute Gasteiger partial charge is 0.327 e. The summed E-state index contributed by atoms with van der Waals surface area (Å²) in [6.45, 7) is 3.77. The molecule has 0 spiro atoms. The number of nitrogens with two attached hydrogens (primary N) is 1. The molecule has 2 unspecified atom stereocenters. The third-order valence-electron chi connectivity index (χ3n) is 2.63. The first kappa shape index (κ1) is 12.0. The number of imide groups is 1. The van der Waals surface area contributed by atoms with Crippen molar-refractivity contribution in [2.75, 3.05) is 11.4 Å². The van der Waals surface area contributed by atoms with E-state index in [4.69, 9.17) is 5.73 Å². The van der Waals surface area contributed by atoms with Gasteiger partial charge in [0, 0.05) is 17.1 Å². The van der Waals surface area contributed by atoms with Gasteiger partial charge in [0.25, 0.3) is 0 Å². The van der Waals surface area contributed by atoms with Gasteiger partial charge in [-0.3, -0.25) is 14.9 Å². The summed E-state index contributed by atoms with van der Waals surface area (Å²) < 4.78 is 0. The molecule has 1 aromatic rings. The van der Waals surface area contributed by atoms with E-state index in [1.807, 2.05) is 6.92 Å². The van der Waals surface area contributed by atoms with Gasteiger partial charge in [-0.25, -0.2) is 4.98 Å². The van der Waals surface area contributed by atoms with Crippen LogP contribution in [0.4, 0.5) is 5.13 Å². The monoisotopic (exact) mass is 254 g/mol. The van der Waals surface area contributed by atoms with Crippen LogP contribution in [0.15, 0.2) is 6.20 Å². The highest BCUT2D eigenvalue weighted by atomic mass is 32.1. The number of aromatic nitrogens is 1. The molecule has 6 nitrogen and oxygen atoms in total. The van der Waals surface area contributed by atoms with E-state index in [-0.39, 0.29) is 30.4 Å². The van der Waals surface area contributed by atoms with Gasteiger partial charge in [0.05, 0.1) is 0 Å². The molecule has 7 heteroatoms. The molecular formula is C10H14N4O2S. The molecule has 0 aromatic carbocycles. The summed E-state index contributed by atoms with van der Waals surface area (Å²) in [6.07, 6.45) is 1.69. The number of nitrogens with one attached hydrogen (secondary N) is 1. The van der Waals surface area contributed by atoms with E-state index < -0.39 is 0 Å². The molecule has 2 heterocycles. The van der Waals surface area contributed by atoms with Gasteiger partial charge >= 0.3 is 0 Å². The molecule has 2 rings (SSSR count). The Morgan fingerprint density at radius 2 is 2.35 bits per heavy atom. The summed E-state index contributed by atoms with van der Waals surface area (Å²) in [4.78, 5) is 29.7. The molecular weight excluding hydrogens is 240 g/mol. The first-order valence-electron chi connectivity index (χ1n) is 5.30. The van der Waals surface area contributed by atoms with Crippen LogP contribution in [0, 0.1) is 0 Å². The Hall–Kier alpha value is -1.47. The maximum Gasteiger partial charge on any atom is 0.249 e. The lowest BCUT2D eigenvalue weighted by Gasteiger charge is -2.31. The van der Waals surface area contributed by atoms with Crippen LogP contribution in [-0.2, 0) is 9.59 Å². The first-order chi connectivity index (χ1) is 7.99. The van der Waals surface area contributed by atoms with Crippen molar-refractivity contribution in [2.45, 2.75) is 25.9 Å². The lowest BCUT2D eigenvalue weighted by Crippen LogP contribution is -2.57. The Bertz CT molecular complexity index is 457. The molecule has 2 amide bonds. The van der Waals surface area contributed by atoms with Crippen LogP contribution in [-0.4, -0.2) is 29.4 Å². The third kappa shape index (κ3) is 2.29. The lowest BCUT2D eigenvalue weighted by molar-refractivity contribution is -0.132. The van der Waals surface area contributed by atoms with Crippen LogP contribution >= 0.6 is 11.3 Å². The van der Waals surface area contributed by atoms with E-state index >= 15 is 0 Å². The van der Waals surface area contributed by atoms with Crippen LogP contribution in [0.5, 0.6) is 0 Å². The average Bonchev–Trinajstić information content (AvgIpc) is 2.72. The van der Waals surface area contributed by atoms with Crippen molar-refractivity contribution < 1.29 is 9.59 Å². The maximum absolute atomic E-state index is 11.5. The molecule has 0 aliphatic carbocycles. The zero-order valence-corrected chi connectivity index (χ0v) is 10.5.